The molecule has 0 aliphatic heterocycles. The summed E-state index contributed by atoms with van der Waals surface area (Å²) in [4.78, 5) is 0. The Balaban J connectivity index is 2.55. The summed E-state index contributed by atoms with van der Waals surface area (Å²) < 4.78 is 40.5. The molecule has 120 valence electrons. The molecule has 0 radical (unpaired) electrons. The largest absolute Gasteiger partial charge is 0.573 e. The fourth-order valence-electron chi connectivity index (χ4n) is 2.26. The van der Waals surface area contributed by atoms with Crippen LogP contribution in [0.1, 0.15) is 51.5 Å². The van der Waals surface area contributed by atoms with Crippen molar-refractivity contribution in [2.75, 3.05) is 0 Å². The zero-order valence-corrected chi connectivity index (χ0v) is 12.7. The van der Waals surface area contributed by atoms with E-state index in [0.717, 1.165) is 37.7 Å². The molecule has 0 heterocycles. The number of alkyl halides is 3. The molecular weight excluding hydrogens is 279 g/mol. The van der Waals surface area contributed by atoms with Gasteiger partial charge in [-0.05, 0) is 30.5 Å². The van der Waals surface area contributed by atoms with E-state index in [4.69, 9.17) is 0 Å². The van der Waals surface area contributed by atoms with Crippen molar-refractivity contribution in [2.24, 2.45) is 0 Å². The SMILES string of the molecule is CCCCC(CCC)NCc1cccc(OC(F)(F)F)c1. The summed E-state index contributed by atoms with van der Waals surface area (Å²) in [6, 6.07) is 6.56. The van der Waals surface area contributed by atoms with E-state index in [1.165, 1.54) is 12.1 Å². The van der Waals surface area contributed by atoms with Gasteiger partial charge in [0.05, 0.1) is 0 Å². The molecular formula is C16H24F3NO. The van der Waals surface area contributed by atoms with E-state index in [9.17, 15) is 13.2 Å². The molecule has 0 aliphatic carbocycles. The number of benzene rings is 1. The molecule has 1 atom stereocenters. The first kappa shape index (κ1) is 17.8. The molecule has 0 fully saturated rings. The second-order valence-electron chi connectivity index (χ2n) is 5.20. The first-order chi connectivity index (χ1) is 9.94. The summed E-state index contributed by atoms with van der Waals surface area (Å²) >= 11 is 0. The first-order valence-corrected chi connectivity index (χ1v) is 7.52. The van der Waals surface area contributed by atoms with Gasteiger partial charge in [-0.2, -0.15) is 0 Å². The maximum absolute atomic E-state index is 12.2. The highest BCUT2D eigenvalue weighted by Gasteiger charge is 2.31. The van der Waals surface area contributed by atoms with Crippen molar-refractivity contribution in [3.05, 3.63) is 29.8 Å². The van der Waals surface area contributed by atoms with E-state index in [0.29, 0.717) is 12.6 Å². The summed E-state index contributed by atoms with van der Waals surface area (Å²) in [6.07, 6.45) is 0.948. The van der Waals surface area contributed by atoms with Gasteiger partial charge in [-0.1, -0.05) is 45.2 Å². The van der Waals surface area contributed by atoms with Crippen LogP contribution in [-0.2, 0) is 6.54 Å². The van der Waals surface area contributed by atoms with Gasteiger partial charge in [-0.15, -0.1) is 13.2 Å². The van der Waals surface area contributed by atoms with Crippen LogP contribution in [0.5, 0.6) is 5.75 Å². The molecule has 1 N–H and O–H groups in total. The third kappa shape index (κ3) is 7.95. The minimum absolute atomic E-state index is 0.164. The quantitative estimate of drug-likeness (QED) is 0.690. The van der Waals surface area contributed by atoms with Crippen LogP contribution in [-0.4, -0.2) is 12.4 Å². The zero-order chi connectivity index (χ0) is 15.7. The van der Waals surface area contributed by atoms with E-state index in [1.54, 1.807) is 12.1 Å². The van der Waals surface area contributed by atoms with E-state index < -0.39 is 6.36 Å². The van der Waals surface area contributed by atoms with Crippen LogP contribution in [0.2, 0.25) is 0 Å². The van der Waals surface area contributed by atoms with Crippen LogP contribution in [0.15, 0.2) is 24.3 Å². The third-order valence-corrected chi connectivity index (χ3v) is 3.27. The monoisotopic (exact) mass is 303 g/mol. The van der Waals surface area contributed by atoms with Gasteiger partial charge in [0.15, 0.2) is 0 Å². The van der Waals surface area contributed by atoms with Gasteiger partial charge in [0, 0.05) is 12.6 Å². The number of nitrogens with one attached hydrogen (secondary N) is 1. The lowest BCUT2D eigenvalue weighted by Gasteiger charge is -2.18. The average Bonchev–Trinajstić information content (AvgIpc) is 2.40. The molecule has 0 bridgehead atoms. The lowest BCUT2D eigenvalue weighted by atomic mass is 10.0. The molecule has 21 heavy (non-hydrogen) atoms. The molecule has 5 heteroatoms. The lowest BCUT2D eigenvalue weighted by Crippen LogP contribution is -2.28. The normalized spacial score (nSPS) is 13.2. The maximum atomic E-state index is 12.2. The van der Waals surface area contributed by atoms with Crippen LogP contribution in [0, 0.1) is 0 Å². The van der Waals surface area contributed by atoms with Gasteiger partial charge < -0.3 is 10.1 Å². The Morgan fingerprint density at radius 1 is 1.14 bits per heavy atom. The van der Waals surface area contributed by atoms with Gasteiger partial charge in [-0.3, -0.25) is 0 Å². The van der Waals surface area contributed by atoms with Crippen LogP contribution in [0.3, 0.4) is 0 Å². The summed E-state index contributed by atoms with van der Waals surface area (Å²) in [7, 11) is 0. The van der Waals surface area contributed by atoms with Crippen molar-refractivity contribution < 1.29 is 17.9 Å². The molecule has 0 saturated heterocycles. The number of unbranched alkanes of at least 4 members (excludes halogenated alkanes) is 1. The van der Waals surface area contributed by atoms with Gasteiger partial charge in [0.25, 0.3) is 0 Å². The maximum Gasteiger partial charge on any atom is 0.573 e. The van der Waals surface area contributed by atoms with Crippen molar-refractivity contribution >= 4 is 0 Å². The summed E-state index contributed by atoms with van der Waals surface area (Å²) in [5.41, 5.74) is 0.800. The molecule has 0 aromatic heterocycles. The average molecular weight is 303 g/mol. The standard InChI is InChI=1S/C16H24F3NO/c1-3-5-9-14(7-4-2)20-12-13-8-6-10-15(11-13)21-16(17,18)19/h6,8,10-11,14,20H,3-5,7,9,12H2,1-2H3. The van der Waals surface area contributed by atoms with E-state index >= 15 is 0 Å². The van der Waals surface area contributed by atoms with Crippen LogP contribution < -0.4 is 10.1 Å². The molecule has 1 aromatic rings. The van der Waals surface area contributed by atoms with Gasteiger partial charge in [0.1, 0.15) is 5.75 Å². The highest BCUT2D eigenvalue weighted by Crippen LogP contribution is 2.23. The van der Waals surface area contributed by atoms with Gasteiger partial charge >= 0.3 is 6.36 Å². The van der Waals surface area contributed by atoms with Gasteiger partial charge in [-0.25, -0.2) is 0 Å². The van der Waals surface area contributed by atoms with Crippen molar-refractivity contribution in [1.29, 1.82) is 0 Å². The second-order valence-corrected chi connectivity index (χ2v) is 5.20. The summed E-state index contributed by atoms with van der Waals surface area (Å²) in [5.74, 6) is -0.164. The van der Waals surface area contributed by atoms with Gasteiger partial charge in [0.2, 0.25) is 0 Å². The minimum Gasteiger partial charge on any atom is -0.406 e. The Morgan fingerprint density at radius 3 is 2.52 bits per heavy atom. The number of halogens is 3. The molecule has 1 rings (SSSR count). The summed E-state index contributed by atoms with van der Waals surface area (Å²) in [6.45, 7) is 4.85. The second kappa shape index (κ2) is 8.93. The highest BCUT2D eigenvalue weighted by atomic mass is 19.4. The Morgan fingerprint density at radius 2 is 1.90 bits per heavy atom. The number of hydrogen-bond acceptors (Lipinski definition) is 2. The zero-order valence-electron chi connectivity index (χ0n) is 12.7. The fraction of sp³-hybridized carbons (Fsp3) is 0.625. The molecule has 1 aromatic carbocycles. The fourth-order valence-corrected chi connectivity index (χ4v) is 2.26. The lowest BCUT2D eigenvalue weighted by molar-refractivity contribution is -0.274. The minimum atomic E-state index is -4.64. The Kier molecular flexibility index (Phi) is 7.57. The smallest absolute Gasteiger partial charge is 0.406 e. The van der Waals surface area contributed by atoms with E-state index in [2.05, 4.69) is 23.9 Å². The Hall–Kier alpha value is -1.23. The molecule has 1 unspecified atom stereocenters. The topological polar surface area (TPSA) is 21.3 Å². The van der Waals surface area contributed by atoms with Crippen molar-refractivity contribution in [2.45, 2.75) is 64.9 Å². The Bertz CT molecular complexity index is 407. The van der Waals surface area contributed by atoms with Crippen molar-refractivity contribution in [3.8, 4) is 5.75 Å². The van der Waals surface area contributed by atoms with Crippen LogP contribution in [0.25, 0.3) is 0 Å². The van der Waals surface area contributed by atoms with Crippen LogP contribution in [0.4, 0.5) is 13.2 Å². The van der Waals surface area contributed by atoms with Crippen LogP contribution >= 0.6 is 0 Å². The number of rotatable bonds is 9. The molecule has 0 aliphatic rings. The predicted octanol–water partition coefficient (Wildman–Crippen LogP) is 5.03. The number of hydrogen-bond donors (Lipinski definition) is 1. The highest BCUT2D eigenvalue weighted by molar-refractivity contribution is 5.28. The van der Waals surface area contributed by atoms with Crippen molar-refractivity contribution in [1.82, 2.24) is 5.32 Å². The first-order valence-electron chi connectivity index (χ1n) is 7.52. The van der Waals surface area contributed by atoms with E-state index in [-0.39, 0.29) is 5.75 Å². The third-order valence-electron chi connectivity index (χ3n) is 3.27. The summed E-state index contributed by atoms with van der Waals surface area (Å²) in [5, 5.41) is 3.43. The number of ether oxygens (including phenoxy) is 1. The molecule has 2 nitrogen and oxygen atoms in total. The molecule has 0 amide bonds. The Labute approximate surface area is 124 Å². The molecule has 0 saturated carbocycles. The van der Waals surface area contributed by atoms with E-state index in [1.807, 2.05) is 0 Å². The molecule has 0 spiro atoms. The predicted molar refractivity (Wildman–Crippen MR) is 78.2 cm³/mol. The van der Waals surface area contributed by atoms with Crippen molar-refractivity contribution in [3.63, 3.8) is 0 Å².